The van der Waals surface area contributed by atoms with E-state index in [4.69, 9.17) is 16.7 Å². The Morgan fingerprint density at radius 3 is 2.71 bits per heavy atom. The molecule has 1 aromatic rings. The number of aliphatic carboxylic acids is 1. The van der Waals surface area contributed by atoms with Gasteiger partial charge in [0.2, 0.25) is 0 Å². The van der Waals surface area contributed by atoms with Crippen LogP contribution in [0.1, 0.15) is 30.6 Å². The summed E-state index contributed by atoms with van der Waals surface area (Å²) in [5.41, 5.74) is -0.156. The van der Waals surface area contributed by atoms with Crippen LogP contribution in [-0.4, -0.2) is 11.1 Å². The summed E-state index contributed by atoms with van der Waals surface area (Å²) in [4.78, 5) is 11.8. The number of hydrogen-bond acceptors (Lipinski definition) is 2. The van der Waals surface area contributed by atoms with E-state index in [1.54, 1.807) is 11.3 Å². The Morgan fingerprint density at radius 2 is 2.36 bits per heavy atom. The van der Waals surface area contributed by atoms with Crippen molar-refractivity contribution in [1.29, 1.82) is 0 Å². The highest BCUT2D eigenvalue weighted by Crippen LogP contribution is 2.50. The molecule has 1 heterocycles. The van der Waals surface area contributed by atoms with Gasteiger partial charge in [-0.3, -0.25) is 4.79 Å². The molecule has 0 saturated heterocycles. The molecule has 1 aliphatic rings. The van der Waals surface area contributed by atoms with Gasteiger partial charge in [0.15, 0.2) is 0 Å². The predicted octanol–water partition coefficient (Wildman–Crippen LogP) is 3.30. The smallest absolute Gasteiger partial charge is 0.304 e. The van der Waals surface area contributed by atoms with E-state index < -0.39 is 5.97 Å². The fraction of sp³-hybridized carbons (Fsp3) is 0.500. The van der Waals surface area contributed by atoms with Gasteiger partial charge in [0, 0.05) is 10.3 Å². The third-order valence-corrected chi connectivity index (χ3v) is 4.49. The Balaban J connectivity index is 2.29. The van der Waals surface area contributed by atoms with Crippen molar-refractivity contribution in [1.82, 2.24) is 0 Å². The van der Waals surface area contributed by atoms with E-state index in [9.17, 15) is 4.79 Å². The summed E-state index contributed by atoms with van der Waals surface area (Å²) in [5, 5.41) is 11.5. The Morgan fingerprint density at radius 1 is 1.64 bits per heavy atom. The van der Waals surface area contributed by atoms with E-state index in [1.165, 1.54) is 0 Å². The zero-order valence-electron chi connectivity index (χ0n) is 7.62. The summed E-state index contributed by atoms with van der Waals surface area (Å²) >= 11 is 7.62. The van der Waals surface area contributed by atoms with Crippen LogP contribution < -0.4 is 0 Å². The molecule has 1 saturated carbocycles. The van der Waals surface area contributed by atoms with Crippen LogP contribution in [0.5, 0.6) is 0 Å². The van der Waals surface area contributed by atoms with Crippen LogP contribution in [0.3, 0.4) is 0 Å². The average molecular weight is 231 g/mol. The summed E-state index contributed by atoms with van der Waals surface area (Å²) in [6.45, 7) is 0. The molecule has 0 atom stereocenters. The Kier molecular flexibility index (Phi) is 2.54. The lowest BCUT2D eigenvalue weighted by Crippen LogP contribution is -2.35. The van der Waals surface area contributed by atoms with Crippen LogP contribution in [0.15, 0.2) is 11.4 Å². The molecule has 0 unspecified atom stereocenters. The zero-order chi connectivity index (χ0) is 10.2. The van der Waals surface area contributed by atoms with Crippen molar-refractivity contribution in [2.45, 2.75) is 31.1 Å². The topological polar surface area (TPSA) is 37.3 Å². The average Bonchev–Trinajstić information content (AvgIpc) is 2.44. The zero-order valence-corrected chi connectivity index (χ0v) is 9.20. The van der Waals surface area contributed by atoms with Crippen LogP contribution in [-0.2, 0) is 10.2 Å². The SMILES string of the molecule is O=C(O)CC1(c2sccc2Cl)CCC1. The lowest BCUT2D eigenvalue weighted by Gasteiger charge is -2.40. The Hall–Kier alpha value is -0.540. The van der Waals surface area contributed by atoms with Gasteiger partial charge in [0.25, 0.3) is 0 Å². The van der Waals surface area contributed by atoms with Crippen LogP contribution >= 0.6 is 22.9 Å². The number of carboxylic acid groups (broad SMARTS) is 1. The molecular weight excluding hydrogens is 220 g/mol. The highest BCUT2D eigenvalue weighted by atomic mass is 35.5. The van der Waals surface area contributed by atoms with E-state index in [0.29, 0.717) is 0 Å². The third kappa shape index (κ3) is 1.55. The van der Waals surface area contributed by atoms with Crippen molar-refractivity contribution in [3.63, 3.8) is 0 Å². The monoisotopic (exact) mass is 230 g/mol. The van der Waals surface area contributed by atoms with Crippen molar-refractivity contribution in [3.05, 3.63) is 21.3 Å². The molecule has 0 aliphatic heterocycles. The van der Waals surface area contributed by atoms with Crippen LogP contribution in [0.2, 0.25) is 5.02 Å². The van der Waals surface area contributed by atoms with Crippen molar-refractivity contribution in [2.24, 2.45) is 0 Å². The number of thiophene rings is 1. The molecule has 1 fully saturated rings. The molecule has 1 aromatic heterocycles. The Bertz CT molecular complexity index is 355. The maximum absolute atomic E-state index is 10.8. The first-order valence-electron chi connectivity index (χ1n) is 4.59. The molecule has 2 rings (SSSR count). The fourth-order valence-corrected chi connectivity index (χ4v) is 3.57. The minimum Gasteiger partial charge on any atom is -0.481 e. The second-order valence-corrected chi connectivity index (χ2v) is 5.13. The molecule has 0 bridgehead atoms. The lowest BCUT2D eigenvalue weighted by atomic mass is 9.66. The minimum atomic E-state index is -0.728. The van der Waals surface area contributed by atoms with Gasteiger partial charge in [-0.25, -0.2) is 0 Å². The molecule has 1 aliphatic carbocycles. The molecule has 0 radical (unpaired) electrons. The first-order chi connectivity index (χ1) is 6.64. The summed E-state index contributed by atoms with van der Waals surface area (Å²) in [5.74, 6) is -0.728. The first kappa shape index (κ1) is 9.99. The molecule has 1 N–H and O–H groups in total. The van der Waals surface area contributed by atoms with Crippen LogP contribution in [0, 0.1) is 0 Å². The standard InChI is InChI=1S/C10H11ClO2S/c11-7-2-5-14-9(7)10(3-1-4-10)6-8(12)13/h2,5H,1,3-4,6H2,(H,12,13). The van der Waals surface area contributed by atoms with Crippen molar-refractivity contribution < 1.29 is 9.90 Å². The quantitative estimate of drug-likeness (QED) is 0.865. The molecule has 4 heteroatoms. The van der Waals surface area contributed by atoms with Crippen molar-refractivity contribution in [3.8, 4) is 0 Å². The van der Waals surface area contributed by atoms with E-state index in [1.807, 2.05) is 11.4 Å². The van der Waals surface area contributed by atoms with E-state index >= 15 is 0 Å². The third-order valence-electron chi connectivity index (χ3n) is 2.90. The molecule has 2 nitrogen and oxygen atoms in total. The molecule has 76 valence electrons. The second-order valence-electron chi connectivity index (χ2n) is 3.80. The van der Waals surface area contributed by atoms with Gasteiger partial charge < -0.3 is 5.11 Å². The molecule has 0 spiro atoms. The summed E-state index contributed by atoms with van der Waals surface area (Å²) in [7, 11) is 0. The molecule has 0 aromatic carbocycles. The summed E-state index contributed by atoms with van der Waals surface area (Å²) in [6, 6.07) is 1.85. The van der Waals surface area contributed by atoms with Crippen molar-refractivity contribution in [2.75, 3.05) is 0 Å². The minimum absolute atomic E-state index is 0.156. The largest absolute Gasteiger partial charge is 0.481 e. The number of carboxylic acids is 1. The predicted molar refractivity (Wildman–Crippen MR) is 57.1 cm³/mol. The van der Waals surface area contributed by atoms with Crippen molar-refractivity contribution >= 4 is 28.9 Å². The maximum Gasteiger partial charge on any atom is 0.304 e. The highest BCUT2D eigenvalue weighted by Gasteiger charge is 2.42. The highest BCUT2D eigenvalue weighted by molar-refractivity contribution is 7.10. The van der Waals surface area contributed by atoms with Gasteiger partial charge in [-0.2, -0.15) is 0 Å². The number of rotatable bonds is 3. The fourth-order valence-electron chi connectivity index (χ4n) is 2.05. The summed E-state index contributed by atoms with van der Waals surface area (Å²) < 4.78 is 0. The Labute approximate surface area is 91.5 Å². The normalized spacial score (nSPS) is 18.9. The van der Waals surface area contributed by atoms with Gasteiger partial charge >= 0.3 is 5.97 Å². The van der Waals surface area contributed by atoms with Gasteiger partial charge in [0.1, 0.15) is 0 Å². The first-order valence-corrected chi connectivity index (χ1v) is 5.85. The van der Waals surface area contributed by atoms with E-state index in [0.717, 1.165) is 29.2 Å². The van der Waals surface area contributed by atoms with Crippen LogP contribution in [0.4, 0.5) is 0 Å². The van der Waals surface area contributed by atoms with E-state index in [2.05, 4.69) is 0 Å². The van der Waals surface area contributed by atoms with Gasteiger partial charge in [-0.1, -0.05) is 18.0 Å². The lowest BCUT2D eigenvalue weighted by molar-refractivity contribution is -0.139. The second kappa shape index (κ2) is 3.55. The number of carbonyl (C=O) groups is 1. The van der Waals surface area contributed by atoms with E-state index in [-0.39, 0.29) is 11.8 Å². The molecule has 14 heavy (non-hydrogen) atoms. The summed E-state index contributed by atoms with van der Waals surface area (Å²) in [6.07, 6.45) is 3.24. The number of hydrogen-bond donors (Lipinski definition) is 1. The van der Waals surface area contributed by atoms with Crippen LogP contribution in [0.25, 0.3) is 0 Å². The molecule has 0 amide bonds. The number of halogens is 1. The van der Waals surface area contributed by atoms with Gasteiger partial charge in [0.05, 0.1) is 11.4 Å². The maximum atomic E-state index is 10.8. The molecular formula is C10H11ClO2S. The van der Waals surface area contributed by atoms with Gasteiger partial charge in [-0.15, -0.1) is 11.3 Å². The van der Waals surface area contributed by atoms with Gasteiger partial charge in [-0.05, 0) is 24.3 Å².